The number of nitrogens with zero attached hydrogens (tertiary/aromatic N) is 8. The molecule has 4 aromatic rings. The first-order valence-corrected chi connectivity index (χ1v) is 10.3. The zero-order chi connectivity index (χ0) is 22.5. The summed E-state index contributed by atoms with van der Waals surface area (Å²) in [5.41, 5.74) is 4.91. The van der Waals surface area contributed by atoms with Crippen LogP contribution >= 0.6 is 23.7 Å². The molecule has 1 fully saturated rings. The van der Waals surface area contributed by atoms with Crippen molar-refractivity contribution < 1.29 is 3.84 Å². The van der Waals surface area contributed by atoms with Gasteiger partial charge in [-0.2, -0.15) is 19.3 Å². The lowest BCUT2D eigenvalue weighted by Gasteiger charge is -2.27. The standard InChI is InChI=1S/C20H19N9.Cl2O/c1-27-12-17(11-25-27)14-6-18(19-15(7-21)10-26-29(19)13-14)16-8-23-20(24-9-16)28-4-2-22-3-5-28;1-3-2/h6,8-13,22H,2-5H2,1H3;. The summed E-state index contributed by atoms with van der Waals surface area (Å²) in [5.74, 6) is 0.726. The van der Waals surface area contributed by atoms with Crippen LogP contribution in [0, 0.1) is 11.3 Å². The van der Waals surface area contributed by atoms with Crippen molar-refractivity contribution >= 4 is 35.2 Å². The average Bonchev–Trinajstić information content (AvgIpc) is 3.45. The van der Waals surface area contributed by atoms with Gasteiger partial charge < -0.3 is 10.2 Å². The van der Waals surface area contributed by atoms with Gasteiger partial charge >= 0.3 is 0 Å². The number of rotatable bonds is 3. The van der Waals surface area contributed by atoms with E-state index in [2.05, 4.69) is 64.0 Å². The second-order valence-corrected chi connectivity index (χ2v) is 7.54. The van der Waals surface area contributed by atoms with Crippen LogP contribution in [0.25, 0.3) is 27.8 Å². The Bertz CT molecular complexity index is 1240. The fourth-order valence-corrected chi connectivity index (χ4v) is 3.64. The fraction of sp³-hybridized carbons (Fsp3) is 0.250. The number of halogens is 2. The Hall–Kier alpha value is -3.23. The van der Waals surface area contributed by atoms with E-state index in [1.165, 1.54) is 0 Å². The van der Waals surface area contributed by atoms with E-state index in [0.29, 0.717) is 5.56 Å². The van der Waals surface area contributed by atoms with Crippen molar-refractivity contribution in [3.05, 3.63) is 48.8 Å². The van der Waals surface area contributed by atoms with Gasteiger partial charge in [-0.15, -0.1) is 0 Å². The highest BCUT2D eigenvalue weighted by molar-refractivity contribution is 6.24. The monoisotopic (exact) mass is 471 g/mol. The molecule has 1 aliphatic heterocycles. The minimum absolute atomic E-state index is 0.518. The second-order valence-electron chi connectivity index (χ2n) is 7.08. The summed E-state index contributed by atoms with van der Waals surface area (Å²) in [7, 11) is 1.88. The molecule has 10 nitrogen and oxygen atoms in total. The van der Waals surface area contributed by atoms with E-state index in [1.54, 1.807) is 15.4 Å². The number of hydrogen-bond acceptors (Lipinski definition) is 8. The summed E-state index contributed by atoms with van der Waals surface area (Å²) in [6.07, 6.45) is 10.9. The van der Waals surface area contributed by atoms with Gasteiger partial charge in [-0.05, 0) is 6.07 Å². The molecule has 5 rings (SSSR count). The van der Waals surface area contributed by atoms with Crippen LogP contribution in [-0.2, 0) is 10.9 Å². The van der Waals surface area contributed by atoms with Gasteiger partial charge in [-0.3, -0.25) is 4.68 Å². The first-order chi connectivity index (χ1) is 15.6. The van der Waals surface area contributed by atoms with Crippen LogP contribution in [0.3, 0.4) is 0 Å². The quantitative estimate of drug-likeness (QED) is 0.485. The molecule has 0 unspecified atom stereocenters. The Morgan fingerprint density at radius 1 is 1.00 bits per heavy atom. The summed E-state index contributed by atoms with van der Waals surface area (Å²) in [4.78, 5) is 11.3. The summed E-state index contributed by atoms with van der Waals surface area (Å²) < 4.78 is 6.69. The maximum absolute atomic E-state index is 9.54. The third kappa shape index (κ3) is 4.51. The molecule has 0 bridgehead atoms. The molecule has 0 spiro atoms. The molecule has 5 heterocycles. The highest BCUT2D eigenvalue weighted by atomic mass is 35.6. The molecule has 0 saturated carbocycles. The van der Waals surface area contributed by atoms with E-state index in [4.69, 9.17) is 0 Å². The molecule has 164 valence electrons. The summed E-state index contributed by atoms with van der Waals surface area (Å²) in [5, 5.41) is 21.5. The maximum Gasteiger partial charge on any atom is 0.225 e. The number of piperazine rings is 1. The van der Waals surface area contributed by atoms with Crippen LogP contribution in [0.15, 0.2) is 43.2 Å². The van der Waals surface area contributed by atoms with Crippen molar-refractivity contribution in [3.8, 4) is 28.3 Å². The van der Waals surface area contributed by atoms with Crippen LogP contribution in [0.2, 0.25) is 0 Å². The van der Waals surface area contributed by atoms with Crippen molar-refractivity contribution in [3.63, 3.8) is 0 Å². The van der Waals surface area contributed by atoms with Crippen molar-refractivity contribution in [2.24, 2.45) is 7.05 Å². The summed E-state index contributed by atoms with van der Waals surface area (Å²) in [6, 6.07) is 4.27. The number of nitrogens with one attached hydrogen (secondary N) is 1. The van der Waals surface area contributed by atoms with Gasteiger partial charge in [0.25, 0.3) is 0 Å². The van der Waals surface area contributed by atoms with E-state index in [9.17, 15) is 5.26 Å². The van der Waals surface area contributed by atoms with Gasteiger partial charge in [-0.1, -0.05) is 0 Å². The smallest absolute Gasteiger partial charge is 0.225 e. The van der Waals surface area contributed by atoms with Crippen molar-refractivity contribution in [2.45, 2.75) is 0 Å². The van der Waals surface area contributed by atoms with E-state index in [1.807, 2.05) is 44.1 Å². The third-order valence-corrected chi connectivity index (χ3v) is 5.12. The second kappa shape index (κ2) is 9.93. The molecule has 1 saturated heterocycles. The van der Waals surface area contributed by atoms with Crippen LogP contribution in [0.5, 0.6) is 0 Å². The molecular formula is C20H19Cl2N9O. The van der Waals surface area contributed by atoms with E-state index < -0.39 is 0 Å². The summed E-state index contributed by atoms with van der Waals surface area (Å²) in [6.45, 7) is 3.64. The average molecular weight is 472 g/mol. The number of aryl methyl sites for hydroxylation is 1. The van der Waals surface area contributed by atoms with E-state index in [-0.39, 0.29) is 0 Å². The van der Waals surface area contributed by atoms with Crippen LogP contribution < -0.4 is 10.2 Å². The Morgan fingerprint density at radius 2 is 1.72 bits per heavy atom. The lowest BCUT2D eigenvalue weighted by molar-refractivity contribution is 0.580. The molecule has 0 radical (unpaired) electrons. The topological polar surface area (TPSA) is 109 Å². The maximum atomic E-state index is 9.54. The molecule has 1 aliphatic rings. The van der Waals surface area contributed by atoms with Crippen molar-refractivity contribution in [1.29, 1.82) is 5.26 Å². The predicted molar refractivity (Wildman–Crippen MR) is 121 cm³/mol. The Morgan fingerprint density at radius 3 is 2.34 bits per heavy atom. The highest BCUT2D eigenvalue weighted by Crippen LogP contribution is 2.31. The van der Waals surface area contributed by atoms with Crippen LogP contribution in [0.1, 0.15) is 5.56 Å². The van der Waals surface area contributed by atoms with Crippen molar-refractivity contribution in [1.82, 2.24) is 34.7 Å². The van der Waals surface area contributed by atoms with Gasteiger partial charge in [0.05, 0.1) is 47.2 Å². The minimum atomic E-state index is 0.518. The molecular weight excluding hydrogens is 453 g/mol. The van der Waals surface area contributed by atoms with Gasteiger partial charge in [0.15, 0.2) is 0 Å². The van der Waals surface area contributed by atoms with E-state index >= 15 is 0 Å². The van der Waals surface area contributed by atoms with Gasteiger partial charge in [-0.25, -0.2) is 14.5 Å². The predicted octanol–water partition coefficient (Wildman–Crippen LogP) is 2.78. The molecule has 4 aromatic heterocycles. The zero-order valence-corrected chi connectivity index (χ0v) is 18.6. The van der Waals surface area contributed by atoms with Crippen LogP contribution in [-0.4, -0.2) is 55.5 Å². The number of hydrogen-bond donors (Lipinski definition) is 1. The minimum Gasteiger partial charge on any atom is -0.338 e. The molecule has 32 heavy (non-hydrogen) atoms. The zero-order valence-electron chi connectivity index (χ0n) is 17.1. The van der Waals surface area contributed by atoms with Gasteiger partial charge in [0.2, 0.25) is 5.95 Å². The number of pyridine rings is 1. The lowest BCUT2D eigenvalue weighted by atomic mass is 10.0. The molecule has 0 atom stereocenters. The van der Waals surface area contributed by atoms with Crippen LogP contribution in [0.4, 0.5) is 5.95 Å². The Labute approximate surface area is 194 Å². The molecule has 0 aliphatic carbocycles. The first kappa shape index (κ1) is 22.0. The van der Waals surface area contributed by atoms with Crippen molar-refractivity contribution in [2.75, 3.05) is 31.1 Å². The fourth-order valence-electron chi connectivity index (χ4n) is 3.64. The number of nitriles is 1. The SMILES string of the molecule is ClOCl.Cn1cc(-c2cc(-c3cnc(N4CCNCC4)nc3)c3c(C#N)cnn3c2)cn1. The number of fused-ring (bicyclic) bond motifs is 1. The summed E-state index contributed by atoms with van der Waals surface area (Å²) >= 11 is 8.53. The van der Waals surface area contributed by atoms with Gasteiger partial charge in [0.1, 0.15) is 6.07 Å². The molecule has 1 N–H and O–H groups in total. The molecule has 0 aromatic carbocycles. The highest BCUT2D eigenvalue weighted by Gasteiger charge is 2.17. The normalized spacial score (nSPS) is 13.5. The Kier molecular flexibility index (Phi) is 6.82. The third-order valence-electron chi connectivity index (χ3n) is 5.12. The molecule has 0 amide bonds. The number of anilines is 1. The largest absolute Gasteiger partial charge is 0.338 e. The Balaban J connectivity index is 0.000000775. The van der Waals surface area contributed by atoms with Gasteiger partial charge in [0, 0.05) is 80.3 Å². The van der Waals surface area contributed by atoms with E-state index in [0.717, 1.165) is 59.9 Å². The molecule has 12 heteroatoms. The number of aromatic nitrogens is 6. The first-order valence-electron chi connectivity index (χ1n) is 9.72. The lowest BCUT2D eigenvalue weighted by Crippen LogP contribution is -2.44.